The van der Waals surface area contributed by atoms with Gasteiger partial charge in [-0.3, -0.25) is 4.79 Å². The number of hydrogen-bond donors (Lipinski definition) is 2. The van der Waals surface area contributed by atoms with Crippen molar-refractivity contribution < 1.29 is 18.0 Å². The lowest BCUT2D eigenvalue weighted by molar-refractivity contribution is -0.112. The van der Waals surface area contributed by atoms with E-state index in [1.54, 1.807) is 12.1 Å². The second-order valence-electron chi connectivity index (χ2n) is 4.40. The van der Waals surface area contributed by atoms with Crippen molar-refractivity contribution >= 4 is 32.9 Å². The number of rotatable bonds is 3. The van der Waals surface area contributed by atoms with Crippen molar-refractivity contribution in [3.05, 3.63) is 29.8 Å². The molecule has 1 fully saturated rings. The van der Waals surface area contributed by atoms with Crippen LogP contribution in [0.5, 0.6) is 0 Å². The zero-order valence-electron chi connectivity index (χ0n) is 10.8. The van der Waals surface area contributed by atoms with Gasteiger partial charge < -0.3 is 5.32 Å². The lowest BCUT2D eigenvalue weighted by Crippen LogP contribution is -2.45. The van der Waals surface area contributed by atoms with Crippen LogP contribution in [-0.4, -0.2) is 31.4 Å². The Morgan fingerprint density at radius 3 is 2.50 bits per heavy atom. The fraction of sp³-hybridized carbons (Fsp3) is 0.333. The Bertz CT molecular complexity index is 625. The number of urea groups is 1. The summed E-state index contributed by atoms with van der Waals surface area (Å²) in [7, 11) is -3.92. The van der Waals surface area contributed by atoms with Crippen molar-refractivity contribution in [1.82, 2.24) is 10.0 Å². The molecule has 0 aromatic heterocycles. The first kappa shape index (κ1) is 14.9. The molecule has 108 valence electrons. The first-order valence-corrected chi connectivity index (χ1v) is 8.42. The first-order chi connectivity index (χ1) is 9.38. The lowest BCUT2D eigenvalue weighted by atomic mass is 10.2. The molecule has 1 aliphatic rings. The number of benzene rings is 1. The molecule has 0 unspecified atom stereocenters. The van der Waals surface area contributed by atoms with E-state index in [9.17, 15) is 18.0 Å². The van der Waals surface area contributed by atoms with Crippen molar-refractivity contribution in [2.45, 2.75) is 24.3 Å². The van der Waals surface area contributed by atoms with Gasteiger partial charge in [0.1, 0.15) is 6.04 Å². The summed E-state index contributed by atoms with van der Waals surface area (Å²) in [6.07, 6.45) is 0.515. The van der Waals surface area contributed by atoms with Crippen molar-refractivity contribution in [3.8, 4) is 0 Å². The van der Waals surface area contributed by atoms with Gasteiger partial charge in [-0.05, 0) is 25.5 Å². The highest BCUT2D eigenvalue weighted by Gasteiger charge is 2.28. The third-order valence-corrected chi connectivity index (χ3v) is 5.15. The quantitative estimate of drug-likeness (QED) is 0.869. The summed E-state index contributed by atoms with van der Waals surface area (Å²) in [5.74, 6) is 0.633. The minimum atomic E-state index is -3.92. The normalized spacial score (nSPS) is 18.9. The smallest absolute Gasteiger partial charge is 0.327 e. The number of carbonyl (C=O) groups is 2. The molecule has 0 bridgehead atoms. The molecule has 2 amide bonds. The maximum atomic E-state index is 11.9. The van der Waals surface area contributed by atoms with Gasteiger partial charge in [-0.2, -0.15) is 0 Å². The molecule has 0 spiro atoms. The predicted molar refractivity (Wildman–Crippen MR) is 75.9 cm³/mol. The van der Waals surface area contributed by atoms with E-state index in [-0.39, 0.29) is 10.0 Å². The number of amides is 2. The summed E-state index contributed by atoms with van der Waals surface area (Å²) in [6, 6.07) is 4.62. The van der Waals surface area contributed by atoms with Crippen LogP contribution in [0.4, 0.5) is 4.79 Å². The molecule has 0 saturated carbocycles. The molecule has 0 radical (unpaired) electrons. The van der Waals surface area contributed by atoms with Gasteiger partial charge >= 0.3 is 6.03 Å². The van der Waals surface area contributed by atoms with E-state index < -0.39 is 22.1 Å². The fourth-order valence-electron chi connectivity index (χ4n) is 1.71. The lowest BCUT2D eigenvalue weighted by Gasteiger charge is -2.12. The molecule has 1 heterocycles. The maximum absolute atomic E-state index is 11.9. The molecule has 0 aliphatic carbocycles. The van der Waals surface area contributed by atoms with E-state index >= 15 is 0 Å². The van der Waals surface area contributed by atoms with E-state index in [0.717, 1.165) is 17.3 Å². The van der Waals surface area contributed by atoms with Gasteiger partial charge in [0, 0.05) is 5.75 Å². The SMILES string of the molecule is Cc1ccc(S(=O)(=O)NC(=O)N[C@H]2CCSC2=O)cc1. The molecule has 8 heteroatoms. The molecule has 1 aromatic carbocycles. The van der Waals surface area contributed by atoms with Crippen LogP contribution < -0.4 is 10.0 Å². The minimum Gasteiger partial charge on any atom is -0.327 e. The van der Waals surface area contributed by atoms with Gasteiger partial charge in [-0.25, -0.2) is 17.9 Å². The number of nitrogens with one attached hydrogen (secondary N) is 2. The summed E-state index contributed by atoms with van der Waals surface area (Å²) in [4.78, 5) is 23.0. The molecule has 1 saturated heterocycles. The molecule has 2 N–H and O–H groups in total. The Balaban J connectivity index is 2.02. The summed E-state index contributed by atoms with van der Waals surface area (Å²) < 4.78 is 25.8. The fourth-order valence-corrected chi connectivity index (χ4v) is 3.56. The number of aryl methyl sites for hydroxylation is 1. The van der Waals surface area contributed by atoms with Gasteiger partial charge in [-0.15, -0.1) is 0 Å². The molecule has 6 nitrogen and oxygen atoms in total. The van der Waals surface area contributed by atoms with E-state index in [1.807, 2.05) is 11.6 Å². The first-order valence-electron chi connectivity index (χ1n) is 5.95. The third-order valence-electron chi connectivity index (χ3n) is 2.80. The van der Waals surface area contributed by atoms with E-state index in [4.69, 9.17) is 0 Å². The Hall–Kier alpha value is -1.54. The summed E-state index contributed by atoms with van der Waals surface area (Å²) in [5.41, 5.74) is 0.918. The highest BCUT2D eigenvalue weighted by atomic mass is 32.2. The summed E-state index contributed by atoms with van der Waals surface area (Å²) >= 11 is 1.13. The topological polar surface area (TPSA) is 92.3 Å². The Kier molecular flexibility index (Phi) is 4.34. The molecular formula is C12H14N2O4S2. The standard InChI is InChI=1S/C12H14N2O4S2/c1-8-2-4-9(5-3-8)20(17,18)14-12(16)13-10-6-7-19-11(10)15/h2-5,10H,6-7H2,1H3,(H2,13,14,16)/t10-/m0/s1. The highest BCUT2D eigenvalue weighted by molar-refractivity contribution is 8.14. The van der Waals surface area contributed by atoms with Crippen LogP contribution in [-0.2, 0) is 14.8 Å². The molecule has 1 aromatic rings. The average molecular weight is 314 g/mol. The average Bonchev–Trinajstić information content (AvgIpc) is 2.74. The second kappa shape index (κ2) is 5.84. The van der Waals surface area contributed by atoms with E-state index in [0.29, 0.717) is 12.2 Å². The van der Waals surface area contributed by atoms with Crippen LogP contribution in [0.25, 0.3) is 0 Å². The van der Waals surface area contributed by atoms with Crippen LogP contribution >= 0.6 is 11.8 Å². The van der Waals surface area contributed by atoms with Crippen molar-refractivity contribution in [2.24, 2.45) is 0 Å². The number of sulfonamides is 1. The summed E-state index contributed by atoms with van der Waals surface area (Å²) in [5, 5.41) is 2.22. The van der Waals surface area contributed by atoms with Crippen molar-refractivity contribution in [3.63, 3.8) is 0 Å². The van der Waals surface area contributed by atoms with Gasteiger partial charge in [0.05, 0.1) is 4.90 Å². The van der Waals surface area contributed by atoms with Crippen molar-refractivity contribution in [1.29, 1.82) is 0 Å². The van der Waals surface area contributed by atoms with Gasteiger partial charge in [0.15, 0.2) is 0 Å². The zero-order valence-corrected chi connectivity index (χ0v) is 12.4. The van der Waals surface area contributed by atoms with Gasteiger partial charge in [0.2, 0.25) is 5.12 Å². The second-order valence-corrected chi connectivity index (χ2v) is 7.18. The maximum Gasteiger partial charge on any atom is 0.329 e. The van der Waals surface area contributed by atoms with Crippen LogP contribution in [0, 0.1) is 6.92 Å². The van der Waals surface area contributed by atoms with Crippen LogP contribution in [0.1, 0.15) is 12.0 Å². The third kappa shape index (κ3) is 3.51. The van der Waals surface area contributed by atoms with Crippen LogP contribution in [0.15, 0.2) is 29.2 Å². The molecule has 1 atom stereocenters. The van der Waals surface area contributed by atoms with E-state index in [1.165, 1.54) is 12.1 Å². The van der Waals surface area contributed by atoms with Crippen LogP contribution in [0.2, 0.25) is 0 Å². The van der Waals surface area contributed by atoms with Gasteiger partial charge in [0.25, 0.3) is 10.0 Å². The Morgan fingerprint density at radius 2 is 1.95 bits per heavy atom. The van der Waals surface area contributed by atoms with Crippen LogP contribution in [0.3, 0.4) is 0 Å². The largest absolute Gasteiger partial charge is 0.329 e. The Labute approximate surface area is 121 Å². The molecule has 2 rings (SSSR count). The molecule has 20 heavy (non-hydrogen) atoms. The predicted octanol–water partition coefficient (Wildman–Crippen LogP) is 1.02. The Morgan fingerprint density at radius 1 is 1.30 bits per heavy atom. The molecule has 1 aliphatic heterocycles. The zero-order chi connectivity index (χ0) is 14.8. The monoisotopic (exact) mass is 314 g/mol. The molecular weight excluding hydrogens is 300 g/mol. The number of hydrogen-bond acceptors (Lipinski definition) is 5. The minimum absolute atomic E-state index is 0.00498. The van der Waals surface area contributed by atoms with Gasteiger partial charge in [-0.1, -0.05) is 29.5 Å². The van der Waals surface area contributed by atoms with E-state index in [2.05, 4.69) is 5.32 Å². The number of carbonyl (C=O) groups excluding carboxylic acids is 2. The summed E-state index contributed by atoms with van der Waals surface area (Å²) in [6.45, 7) is 1.83. The number of thioether (sulfide) groups is 1. The highest BCUT2D eigenvalue weighted by Crippen LogP contribution is 2.19. The van der Waals surface area contributed by atoms with Crippen molar-refractivity contribution in [2.75, 3.05) is 5.75 Å².